The van der Waals surface area contributed by atoms with E-state index >= 15 is 0 Å². The number of hydrogen-bond acceptors (Lipinski definition) is 3. The molecule has 6 heteroatoms. The largest absolute Gasteiger partial charge is 0.483 e. The van der Waals surface area contributed by atoms with Crippen LogP contribution in [-0.2, 0) is 11.8 Å². The summed E-state index contributed by atoms with van der Waals surface area (Å²) < 4.78 is 7.58. The molecule has 0 bridgehead atoms. The fraction of sp³-hybridized carbons (Fsp3) is 0.143. The molecule has 0 radical (unpaired) electrons. The van der Waals surface area contributed by atoms with Crippen LogP contribution < -0.4 is 10.1 Å². The predicted octanol–water partition coefficient (Wildman–Crippen LogP) is 1.92. The highest BCUT2D eigenvalue weighted by Crippen LogP contribution is 2.25. The fourth-order valence-electron chi connectivity index (χ4n) is 2.05. The Morgan fingerprint density at radius 1 is 1.45 bits per heavy atom. The molecule has 0 unspecified atom stereocenters. The average molecular weight is 270 g/mol. The van der Waals surface area contributed by atoms with Crippen molar-refractivity contribution in [2.45, 2.75) is 0 Å². The second-order valence-electron chi connectivity index (χ2n) is 4.39. The third kappa shape index (κ3) is 2.35. The number of aryl methyl sites for hydroxylation is 1. The normalized spacial score (nSPS) is 10.7. The number of aromatic nitrogens is 3. The van der Waals surface area contributed by atoms with Crippen LogP contribution in [0, 0.1) is 0 Å². The molecular formula is C14H14N4O2. The summed E-state index contributed by atoms with van der Waals surface area (Å²) in [6.45, 7) is -0.0608. The van der Waals surface area contributed by atoms with E-state index in [1.54, 1.807) is 12.4 Å². The Kier molecular flexibility index (Phi) is 3.12. The van der Waals surface area contributed by atoms with Gasteiger partial charge in [-0.1, -0.05) is 6.07 Å². The van der Waals surface area contributed by atoms with Crippen LogP contribution in [0.2, 0.25) is 0 Å². The molecule has 0 saturated carbocycles. The van der Waals surface area contributed by atoms with Gasteiger partial charge in [0.05, 0.1) is 5.52 Å². The minimum Gasteiger partial charge on any atom is -0.483 e. The monoisotopic (exact) mass is 270 g/mol. The van der Waals surface area contributed by atoms with Crippen molar-refractivity contribution in [1.82, 2.24) is 14.5 Å². The van der Waals surface area contributed by atoms with E-state index in [0.29, 0.717) is 11.7 Å². The van der Waals surface area contributed by atoms with E-state index in [1.807, 2.05) is 42.1 Å². The molecule has 20 heavy (non-hydrogen) atoms. The van der Waals surface area contributed by atoms with Crippen LogP contribution in [0.4, 0.5) is 5.95 Å². The third-order valence-electron chi connectivity index (χ3n) is 3.00. The summed E-state index contributed by atoms with van der Waals surface area (Å²) in [5.74, 6) is 0.849. The van der Waals surface area contributed by atoms with Gasteiger partial charge in [-0.15, -0.1) is 0 Å². The zero-order valence-corrected chi connectivity index (χ0v) is 11.0. The van der Waals surface area contributed by atoms with Gasteiger partial charge in [0.2, 0.25) is 5.95 Å². The summed E-state index contributed by atoms with van der Waals surface area (Å²) in [6, 6.07) is 7.73. The van der Waals surface area contributed by atoms with Gasteiger partial charge in [0.1, 0.15) is 5.75 Å². The van der Waals surface area contributed by atoms with Crippen molar-refractivity contribution in [3.8, 4) is 5.75 Å². The first-order valence-electron chi connectivity index (χ1n) is 6.20. The summed E-state index contributed by atoms with van der Waals surface area (Å²) in [7, 11) is 1.97. The topological polar surface area (TPSA) is 71.9 Å². The second-order valence-corrected chi connectivity index (χ2v) is 4.39. The highest BCUT2D eigenvalue weighted by atomic mass is 16.5. The number of anilines is 1. The lowest BCUT2D eigenvalue weighted by Crippen LogP contribution is -2.20. The molecule has 2 aromatic heterocycles. The Balaban J connectivity index is 1.69. The minimum atomic E-state index is -0.257. The summed E-state index contributed by atoms with van der Waals surface area (Å²) in [5, 5.41) is 3.60. The van der Waals surface area contributed by atoms with Crippen LogP contribution in [0.25, 0.3) is 10.9 Å². The number of carbonyl (C=O) groups excluding carboxylic acids is 1. The summed E-state index contributed by atoms with van der Waals surface area (Å²) >= 11 is 0. The molecule has 0 aliphatic rings. The number of amides is 1. The lowest BCUT2D eigenvalue weighted by atomic mass is 10.2. The number of nitrogens with one attached hydrogen (secondary N) is 2. The van der Waals surface area contributed by atoms with Crippen molar-refractivity contribution >= 4 is 22.8 Å². The first kappa shape index (κ1) is 12.3. The van der Waals surface area contributed by atoms with Crippen molar-refractivity contribution in [3.63, 3.8) is 0 Å². The number of aromatic amines is 1. The summed E-state index contributed by atoms with van der Waals surface area (Å²) in [5.41, 5.74) is 1.06. The smallest absolute Gasteiger partial charge is 0.264 e. The Hall–Kier alpha value is -2.76. The Labute approximate surface area is 115 Å². The highest BCUT2D eigenvalue weighted by Gasteiger charge is 2.08. The highest BCUT2D eigenvalue weighted by molar-refractivity contribution is 5.91. The molecule has 3 aromatic rings. The molecule has 2 N–H and O–H groups in total. The summed E-state index contributed by atoms with van der Waals surface area (Å²) in [4.78, 5) is 18.4. The van der Waals surface area contributed by atoms with Crippen LogP contribution in [0.5, 0.6) is 5.75 Å². The van der Waals surface area contributed by atoms with Crippen LogP contribution >= 0.6 is 0 Å². The maximum atomic E-state index is 11.7. The molecule has 0 fully saturated rings. The number of ether oxygens (including phenoxy) is 1. The first-order valence-corrected chi connectivity index (χ1v) is 6.20. The van der Waals surface area contributed by atoms with Crippen molar-refractivity contribution in [2.24, 2.45) is 7.05 Å². The Morgan fingerprint density at radius 2 is 2.35 bits per heavy atom. The number of hydrogen-bond donors (Lipinski definition) is 2. The van der Waals surface area contributed by atoms with E-state index in [9.17, 15) is 4.79 Å². The second kappa shape index (κ2) is 5.08. The zero-order valence-electron chi connectivity index (χ0n) is 11.0. The molecule has 0 aliphatic heterocycles. The van der Waals surface area contributed by atoms with E-state index in [1.165, 1.54) is 0 Å². The lowest BCUT2D eigenvalue weighted by Gasteiger charge is -2.07. The molecule has 1 amide bonds. The average Bonchev–Trinajstić information content (AvgIpc) is 3.07. The van der Waals surface area contributed by atoms with Gasteiger partial charge >= 0.3 is 0 Å². The Bertz CT molecular complexity index is 731. The molecule has 3 rings (SSSR count). The standard InChI is InChI=1S/C14H14N4O2/c1-18-8-5-10-11(18)3-2-4-12(10)20-9-13(19)17-14-15-6-7-16-14/h2-8H,9H2,1H3,(H2,15,16,17,19). The van der Waals surface area contributed by atoms with Crippen LogP contribution in [-0.4, -0.2) is 27.0 Å². The van der Waals surface area contributed by atoms with E-state index in [0.717, 1.165) is 10.9 Å². The molecule has 2 heterocycles. The number of H-pyrrole nitrogens is 1. The fourth-order valence-corrected chi connectivity index (χ4v) is 2.05. The SMILES string of the molecule is Cn1ccc2c(OCC(=O)Nc3ncc[nH]3)cccc21. The third-order valence-corrected chi connectivity index (χ3v) is 3.00. The van der Waals surface area contributed by atoms with Crippen molar-refractivity contribution in [1.29, 1.82) is 0 Å². The number of fused-ring (bicyclic) bond motifs is 1. The van der Waals surface area contributed by atoms with E-state index in [4.69, 9.17) is 4.74 Å². The maximum absolute atomic E-state index is 11.7. The van der Waals surface area contributed by atoms with Gasteiger partial charge in [-0.25, -0.2) is 4.98 Å². The van der Waals surface area contributed by atoms with Crippen molar-refractivity contribution in [2.75, 3.05) is 11.9 Å². The van der Waals surface area contributed by atoms with Gasteiger partial charge in [0.15, 0.2) is 6.61 Å². The van der Waals surface area contributed by atoms with Crippen LogP contribution in [0.1, 0.15) is 0 Å². The van der Waals surface area contributed by atoms with E-state index in [2.05, 4.69) is 15.3 Å². The quantitative estimate of drug-likeness (QED) is 0.760. The molecule has 0 spiro atoms. The number of rotatable bonds is 4. The lowest BCUT2D eigenvalue weighted by molar-refractivity contribution is -0.118. The van der Waals surface area contributed by atoms with Crippen LogP contribution in [0.15, 0.2) is 42.9 Å². The molecule has 0 saturated heterocycles. The minimum absolute atomic E-state index is 0.0608. The molecule has 1 aromatic carbocycles. The molecule has 6 nitrogen and oxygen atoms in total. The van der Waals surface area contributed by atoms with Gasteiger partial charge in [-0.2, -0.15) is 0 Å². The van der Waals surface area contributed by atoms with E-state index in [-0.39, 0.29) is 12.5 Å². The molecule has 0 aliphatic carbocycles. The molecule has 0 atom stereocenters. The summed E-state index contributed by atoms with van der Waals surface area (Å²) in [6.07, 6.45) is 5.17. The van der Waals surface area contributed by atoms with Gasteiger partial charge in [-0.05, 0) is 18.2 Å². The van der Waals surface area contributed by atoms with Gasteiger partial charge in [-0.3, -0.25) is 10.1 Å². The van der Waals surface area contributed by atoms with Crippen LogP contribution in [0.3, 0.4) is 0 Å². The Morgan fingerprint density at radius 3 is 3.15 bits per heavy atom. The molecule has 102 valence electrons. The number of benzene rings is 1. The van der Waals surface area contributed by atoms with Gasteiger partial charge in [0.25, 0.3) is 5.91 Å². The first-order chi connectivity index (χ1) is 9.74. The number of imidazole rings is 1. The zero-order chi connectivity index (χ0) is 13.9. The van der Waals surface area contributed by atoms with Gasteiger partial charge in [0, 0.05) is 31.0 Å². The number of carbonyl (C=O) groups is 1. The van der Waals surface area contributed by atoms with E-state index < -0.39 is 0 Å². The maximum Gasteiger partial charge on any atom is 0.264 e. The number of nitrogens with zero attached hydrogens (tertiary/aromatic N) is 2. The van der Waals surface area contributed by atoms with Crippen molar-refractivity contribution in [3.05, 3.63) is 42.9 Å². The van der Waals surface area contributed by atoms with Gasteiger partial charge < -0.3 is 14.3 Å². The molecular weight excluding hydrogens is 256 g/mol. The van der Waals surface area contributed by atoms with Crippen molar-refractivity contribution < 1.29 is 9.53 Å². The predicted molar refractivity (Wildman–Crippen MR) is 75.6 cm³/mol.